The summed E-state index contributed by atoms with van der Waals surface area (Å²) in [6.45, 7) is -0.337. The van der Waals surface area contributed by atoms with Crippen molar-refractivity contribution in [3.05, 3.63) is 0 Å². The normalized spacial score (nSPS) is 9.90. The molecule has 0 aliphatic heterocycles. The minimum Gasteiger partial charge on any atom is -0.465 e. The SMILES string of the molecule is O=C(O)NCC(CO)CO. The van der Waals surface area contributed by atoms with Gasteiger partial charge in [0.1, 0.15) is 0 Å². The molecule has 0 aromatic heterocycles. The zero-order chi connectivity index (χ0) is 7.98. The van der Waals surface area contributed by atoms with E-state index in [1.807, 2.05) is 5.32 Å². The first kappa shape index (κ1) is 9.19. The highest BCUT2D eigenvalue weighted by atomic mass is 16.4. The summed E-state index contributed by atoms with van der Waals surface area (Å²) >= 11 is 0. The molecular weight excluding hydrogens is 138 g/mol. The minimum absolute atomic E-state index is 0.0856. The summed E-state index contributed by atoms with van der Waals surface area (Å²) in [7, 11) is 0. The van der Waals surface area contributed by atoms with Crippen LogP contribution in [-0.4, -0.2) is 41.2 Å². The lowest BCUT2D eigenvalue weighted by Gasteiger charge is -2.08. The average molecular weight is 149 g/mol. The van der Waals surface area contributed by atoms with E-state index in [4.69, 9.17) is 15.3 Å². The molecule has 0 aliphatic carbocycles. The Hall–Kier alpha value is -0.810. The van der Waals surface area contributed by atoms with Gasteiger partial charge in [0.05, 0.1) is 0 Å². The van der Waals surface area contributed by atoms with Crippen LogP contribution in [0.15, 0.2) is 0 Å². The van der Waals surface area contributed by atoms with Crippen molar-refractivity contribution in [3.8, 4) is 0 Å². The van der Waals surface area contributed by atoms with Crippen LogP contribution in [0.25, 0.3) is 0 Å². The van der Waals surface area contributed by atoms with Gasteiger partial charge in [0, 0.05) is 25.7 Å². The molecule has 5 heteroatoms. The molecule has 0 bridgehead atoms. The molecule has 0 spiro atoms. The van der Waals surface area contributed by atoms with E-state index in [9.17, 15) is 4.79 Å². The van der Waals surface area contributed by atoms with E-state index >= 15 is 0 Å². The highest BCUT2D eigenvalue weighted by Crippen LogP contribution is 1.88. The molecule has 0 heterocycles. The Labute approximate surface area is 58.3 Å². The Morgan fingerprint density at radius 2 is 1.90 bits per heavy atom. The van der Waals surface area contributed by atoms with Gasteiger partial charge in [0.25, 0.3) is 0 Å². The van der Waals surface area contributed by atoms with E-state index in [0.29, 0.717) is 0 Å². The summed E-state index contributed by atoms with van der Waals surface area (Å²) in [5, 5.41) is 27.0. The van der Waals surface area contributed by atoms with Crippen LogP contribution >= 0.6 is 0 Å². The molecule has 60 valence electrons. The maximum Gasteiger partial charge on any atom is 0.404 e. The summed E-state index contributed by atoms with van der Waals surface area (Å²) in [5.41, 5.74) is 0. The zero-order valence-corrected chi connectivity index (χ0v) is 5.45. The van der Waals surface area contributed by atoms with Crippen molar-refractivity contribution in [1.82, 2.24) is 5.32 Å². The lowest BCUT2D eigenvalue weighted by Crippen LogP contribution is -2.31. The lowest BCUT2D eigenvalue weighted by atomic mass is 10.2. The fourth-order valence-corrected chi connectivity index (χ4v) is 0.418. The van der Waals surface area contributed by atoms with Crippen LogP contribution in [0.4, 0.5) is 4.79 Å². The quantitative estimate of drug-likeness (QED) is 0.406. The Kier molecular flexibility index (Phi) is 4.61. The second-order valence-electron chi connectivity index (χ2n) is 1.92. The highest BCUT2D eigenvalue weighted by Gasteiger charge is 2.05. The number of carboxylic acid groups (broad SMARTS) is 1. The molecule has 0 aromatic carbocycles. The summed E-state index contributed by atoms with van der Waals surface area (Å²) < 4.78 is 0. The molecule has 1 amide bonds. The van der Waals surface area contributed by atoms with Gasteiger partial charge in [-0.1, -0.05) is 0 Å². The highest BCUT2D eigenvalue weighted by molar-refractivity contribution is 5.64. The number of nitrogens with one attached hydrogen (secondary N) is 1. The van der Waals surface area contributed by atoms with Crippen molar-refractivity contribution < 1.29 is 20.1 Å². The van der Waals surface area contributed by atoms with Gasteiger partial charge in [-0.15, -0.1) is 0 Å². The largest absolute Gasteiger partial charge is 0.465 e. The van der Waals surface area contributed by atoms with Gasteiger partial charge in [-0.2, -0.15) is 0 Å². The molecular formula is C5H11NO4. The van der Waals surface area contributed by atoms with E-state index in [-0.39, 0.29) is 19.8 Å². The van der Waals surface area contributed by atoms with Crippen LogP contribution in [0.2, 0.25) is 0 Å². The van der Waals surface area contributed by atoms with E-state index < -0.39 is 12.0 Å². The zero-order valence-electron chi connectivity index (χ0n) is 5.45. The number of hydrogen-bond donors (Lipinski definition) is 4. The molecule has 5 nitrogen and oxygen atoms in total. The number of amides is 1. The number of hydrogen-bond acceptors (Lipinski definition) is 3. The van der Waals surface area contributed by atoms with Crippen LogP contribution in [0.1, 0.15) is 0 Å². The Balaban J connectivity index is 3.34. The fraction of sp³-hybridized carbons (Fsp3) is 0.800. The standard InChI is InChI=1S/C5H11NO4/c7-2-4(3-8)1-6-5(9)10/h4,6-8H,1-3H2,(H,9,10). The minimum atomic E-state index is -1.15. The predicted molar refractivity (Wildman–Crippen MR) is 33.7 cm³/mol. The molecule has 0 fully saturated rings. The summed E-state index contributed by atoms with van der Waals surface area (Å²) in [5.74, 6) is -0.393. The van der Waals surface area contributed by atoms with Gasteiger partial charge in [-0.25, -0.2) is 4.79 Å². The number of aliphatic hydroxyl groups is 2. The first-order chi connectivity index (χ1) is 4.70. The van der Waals surface area contributed by atoms with Gasteiger partial charge in [0.15, 0.2) is 0 Å². The van der Waals surface area contributed by atoms with E-state index in [0.717, 1.165) is 0 Å². The van der Waals surface area contributed by atoms with Gasteiger partial charge >= 0.3 is 6.09 Å². The van der Waals surface area contributed by atoms with Crippen molar-refractivity contribution in [2.45, 2.75) is 0 Å². The molecule has 0 rings (SSSR count). The molecule has 0 aliphatic rings. The Morgan fingerprint density at radius 1 is 1.40 bits per heavy atom. The maximum absolute atomic E-state index is 9.86. The smallest absolute Gasteiger partial charge is 0.404 e. The van der Waals surface area contributed by atoms with E-state index in [1.54, 1.807) is 0 Å². The van der Waals surface area contributed by atoms with Crippen molar-refractivity contribution >= 4 is 6.09 Å². The second-order valence-corrected chi connectivity index (χ2v) is 1.92. The van der Waals surface area contributed by atoms with Crippen LogP contribution in [-0.2, 0) is 0 Å². The second kappa shape index (κ2) is 5.01. The van der Waals surface area contributed by atoms with Crippen LogP contribution in [0.3, 0.4) is 0 Å². The van der Waals surface area contributed by atoms with Crippen LogP contribution < -0.4 is 5.32 Å². The van der Waals surface area contributed by atoms with E-state index in [2.05, 4.69) is 0 Å². The molecule has 0 radical (unpaired) electrons. The number of aliphatic hydroxyl groups excluding tert-OH is 2. The molecule has 0 saturated heterocycles. The van der Waals surface area contributed by atoms with Crippen molar-refractivity contribution in [2.75, 3.05) is 19.8 Å². The van der Waals surface area contributed by atoms with Gasteiger partial charge in [-0.3, -0.25) is 0 Å². The number of carbonyl (C=O) groups is 1. The fourth-order valence-electron chi connectivity index (χ4n) is 0.418. The maximum atomic E-state index is 9.86. The van der Waals surface area contributed by atoms with E-state index in [1.165, 1.54) is 0 Å². The topological polar surface area (TPSA) is 89.8 Å². The first-order valence-electron chi connectivity index (χ1n) is 2.89. The molecule has 0 atom stereocenters. The first-order valence-corrected chi connectivity index (χ1v) is 2.89. The Bertz CT molecular complexity index is 102. The van der Waals surface area contributed by atoms with Crippen molar-refractivity contribution in [1.29, 1.82) is 0 Å². The summed E-state index contributed by atoms with van der Waals surface area (Å²) in [6.07, 6.45) is -1.15. The Morgan fingerprint density at radius 3 is 2.20 bits per heavy atom. The third kappa shape index (κ3) is 4.11. The molecule has 0 unspecified atom stereocenters. The predicted octanol–water partition coefficient (Wildman–Crippen LogP) is -1.15. The van der Waals surface area contributed by atoms with Crippen LogP contribution in [0, 0.1) is 5.92 Å². The lowest BCUT2D eigenvalue weighted by molar-refractivity contribution is 0.144. The van der Waals surface area contributed by atoms with Gasteiger partial charge < -0.3 is 20.6 Å². The molecule has 0 aromatic rings. The monoisotopic (exact) mass is 149 g/mol. The van der Waals surface area contributed by atoms with Crippen LogP contribution in [0.5, 0.6) is 0 Å². The molecule has 4 N–H and O–H groups in total. The molecule has 0 saturated carbocycles. The van der Waals surface area contributed by atoms with Gasteiger partial charge in [-0.05, 0) is 0 Å². The number of rotatable bonds is 4. The average Bonchev–Trinajstić information content (AvgIpc) is 1.90. The summed E-state index contributed by atoms with van der Waals surface area (Å²) in [4.78, 5) is 9.86. The van der Waals surface area contributed by atoms with Gasteiger partial charge in [0.2, 0.25) is 0 Å². The third-order valence-corrected chi connectivity index (χ3v) is 1.06. The van der Waals surface area contributed by atoms with Crippen molar-refractivity contribution in [2.24, 2.45) is 5.92 Å². The van der Waals surface area contributed by atoms with Crippen molar-refractivity contribution in [3.63, 3.8) is 0 Å². The molecule has 10 heavy (non-hydrogen) atoms. The summed E-state index contributed by atoms with van der Waals surface area (Å²) in [6, 6.07) is 0. The third-order valence-electron chi connectivity index (χ3n) is 1.06.